The Morgan fingerprint density at radius 2 is 1.92 bits per heavy atom. The highest BCUT2D eigenvalue weighted by Gasteiger charge is 2.17. The molecule has 0 radical (unpaired) electrons. The van der Waals surface area contributed by atoms with Gasteiger partial charge in [-0.05, 0) is 36.1 Å². The minimum Gasteiger partial charge on any atom is -0.446 e. The zero-order chi connectivity index (χ0) is 17.6. The van der Waals surface area contributed by atoms with Crippen LogP contribution in [0.1, 0.15) is 40.5 Å². The second kappa shape index (κ2) is 7.77. The van der Waals surface area contributed by atoms with Gasteiger partial charge in [0.1, 0.15) is 6.26 Å². The lowest BCUT2D eigenvalue weighted by Gasteiger charge is -2.07. The quantitative estimate of drug-likeness (QED) is 0.719. The largest absolute Gasteiger partial charge is 0.446 e. The Morgan fingerprint density at radius 3 is 2.68 bits per heavy atom. The molecule has 0 spiro atoms. The van der Waals surface area contributed by atoms with E-state index in [2.05, 4.69) is 17.2 Å². The highest BCUT2D eigenvalue weighted by molar-refractivity contribution is 6.02. The van der Waals surface area contributed by atoms with Crippen molar-refractivity contribution in [2.24, 2.45) is 5.73 Å². The van der Waals surface area contributed by atoms with E-state index < -0.39 is 6.04 Å². The number of hydrogen-bond acceptors (Lipinski definition) is 4. The molecule has 0 saturated carbocycles. The summed E-state index contributed by atoms with van der Waals surface area (Å²) in [6.07, 6.45) is 2.85. The van der Waals surface area contributed by atoms with Crippen molar-refractivity contribution < 1.29 is 9.21 Å². The van der Waals surface area contributed by atoms with Crippen LogP contribution in [0.5, 0.6) is 0 Å². The summed E-state index contributed by atoms with van der Waals surface area (Å²) in [5, 5.41) is 2.83. The Labute approximate surface area is 146 Å². The van der Waals surface area contributed by atoms with E-state index in [1.54, 1.807) is 0 Å². The molecule has 1 amide bonds. The Balaban J connectivity index is 1.66. The van der Waals surface area contributed by atoms with Crippen LogP contribution in [0.15, 0.2) is 65.3 Å². The molecule has 5 heteroatoms. The molecule has 3 aromatic rings. The highest BCUT2D eigenvalue weighted by atomic mass is 16.3. The van der Waals surface area contributed by atoms with Gasteiger partial charge < -0.3 is 15.5 Å². The lowest BCUT2D eigenvalue weighted by atomic mass is 10.1. The summed E-state index contributed by atoms with van der Waals surface area (Å²) >= 11 is 0. The normalized spacial score (nSPS) is 11.9. The fraction of sp³-hybridized carbons (Fsp3) is 0.200. The van der Waals surface area contributed by atoms with Gasteiger partial charge in [0.05, 0.1) is 6.04 Å². The minimum atomic E-state index is -0.396. The molecule has 1 aromatic heterocycles. The maximum Gasteiger partial charge on any atom is 0.277 e. The van der Waals surface area contributed by atoms with Gasteiger partial charge in [0.15, 0.2) is 5.69 Å². The second-order valence-electron chi connectivity index (χ2n) is 5.88. The van der Waals surface area contributed by atoms with Gasteiger partial charge in [0.25, 0.3) is 5.91 Å². The van der Waals surface area contributed by atoms with Gasteiger partial charge in [-0.1, -0.05) is 49.4 Å². The molecule has 3 rings (SSSR count). The predicted molar refractivity (Wildman–Crippen MR) is 97.4 cm³/mol. The topological polar surface area (TPSA) is 81.2 Å². The molecule has 0 fully saturated rings. The fourth-order valence-electron chi connectivity index (χ4n) is 2.58. The molecule has 25 heavy (non-hydrogen) atoms. The Kier molecular flexibility index (Phi) is 5.26. The molecule has 1 heterocycles. The summed E-state index contributed by atoms with van der Waals surface area (Å²) in [6, 6.07) is 17.2. The summed E-state index contributed by atoms with van der Waals surface area (Å²) in [6.45, 7) is 2.07. The maximum atomic E-state index is 12.3. The number of hydrogen-bond donors (Lipinski definition) is 2. The minimum absolute atomic E-state index is 0.223. The lowest BCUT2D eigenvalue weighted by Crippen LogP contribution is -2.16. The number of nitrogens with zero attached hydrogens (tertiary/aromatic N) is 1. The van der Waals surface area contributed by atoms with Crippen LogP contribution in [-0.2, 0) is 12.8 Å². The van der Waals surface area contributed by atoms with Crippen molar-refractivity contribution in [1.82, 2.24) is 4.98 Å². The first-order valence-corrected chi connectivity index (χ1v) is 8.31. The summed E-state index contributed by atoms with van der Waals surface area (Å²) in [4.78, 5) is 16.6. The van der Waals surface area contributed by atoms with Gasteiger partial charge >= 0.3 is 0 Å². The van der Waals surface area contributed by atoms with E-state index >= 15 is 0 Å². The van der Waals surface area contributed by atoms with Crippen molar-refractivity contribution in [2.45, 2.75) is 25.8 Å². The molecule has 3 N–H and O–H groups in total. The van der Waals surface area contributed by atoms with Gasteiger partial charge in [-0.2, -0.15) is 0 Å². The van der Waals surface area contributed by atoms with Crippen LogP contribution >= 0.6 is 0 Å². The number of aromatic nitrogens is 1. The number of carbonyl (C=O) groups is 1. The molecular weight excluding hydrogens is 314 g/mol. The number of benzene rings is 2. The Bertz CT molecular complexity index is 843. The molecule has 0 bridgehead atoms. The zero-order valence-corrected chi connectivity index (χ0v) is 14.1. The number of rotatable bonds is 6. The first-order chi connectivity index (χ1) is 12.2. The molecule has 2 aromatic carbocycles. The summed E-state index contributed by atoms with van der Waals surface area (Å²) < 4.78 is 5.41. The van der Waals surface area contributed by atoms with Gasteiger partial charge in [0, 0.05) is 5.69 Å². The molecular formula is C20H21N3O2. The van der Waals surface area contributed by atoms with Crippen LogP contribution < -0.4 is 11.1 Å². The fourth-order valence-corrected chi connectivity index (χ4v) is 2.58. The van der Waals surface area contributed by atoms with Crippen LogP contribution in [0, 0.1) is 0 Å². The third kappa shape index (κ3) is 4.33. The molecule has 1 unspecified atom stereocenters. The van der Waals surface area contributed by atoms with Gasteiger partial charge in [-0.3, -0.25) is 4.79 Å². The predicted octanol–water partition coefficient (Wildman–Crippen LogP) is 3.73. The number of oxazole rings is 1. The van der Waals surface area contributed by atoms with Crippen molar-refractivity contribution in [3.05, 3.63) is 83.6 Å². The molecule has 0 aliphatic rings. The SMILES string of the molecule is CCc1cccc(NC(=O)c2coc(C(N)Cc3ccccc3)n2)c1. The van der Waals surface area contributed by atoms with Gasteiger partial charge in [0.2, 0.25) is 5.89 Å². The van der Waals surface area contributed by atoms with Crippen LogP contribution in [-0.4, -0.2) is 10.9 Å². The lowest BCUT2D eigenvalue weighted by molar-refractivity contribution is 0.102. The van der Waals surface area contributed by atoms with E-state index in [0.29, 0.717) is 12.3 Å². The molecule has 0 aliphatic carbocycles. The monoisotopic (exact) mass is 335 g/mol. The molecule has 0 aliphatic heterocycles. The third-order valence-corrected chi connectivity index (χ3v) is 3.96. The van der Waals surface area contributed by atoms with Gasteiger partial charge in [-0.15, -0.1) is 0 Å². The smallest absolute Gasteiger partial charge is 0.277 e. The molecule has 5 nitrogen and oxygen atoms in total. The van der Waals surface area contributed by atoms with Crippen molar-refractivity contribution in [3.8, 4) is 0 Å². The number of anilines is 1. The first-order valence-electron chi connectivity index (χ1n) is 8.31. The van der Waals surface area contributed by atoms with E-state index in [4.69, 9.17) is 10.2 Å². The summed E-state index contributed by atoms with van der Waals surface area (Å²) in [5.41, 5.74) is 9.35. The Hall–Kier alpha value is -2.92. The van der Waals surface area contributed by atoms with Crippen LogP contribution in [0.4, 0.5) is 5.69 Å². The number of amides is 1. The van der Waals surface area contributed by atoms with E-state index in [-0.39, 0.29) is 11.6 Å². The second-order valence-corrected chi connectivity index (χ2v) is 5.88. The van der Waals surface area contributed by atoms with E-state index in [1.807, 2.05) is 54.6 Å². The number of nitrogens with two attached hydrogens (primary N) is 1. The number of aryl methyl sites for hydroxylation is 1. The van der Waals surface area contributed by atoms with Crippen molar-refractivity contribution in [2.75, 3.05) is 5.32 Å². The molecule has 1 atom stereocenters. The molecule has 128 valence electrons. The van der Waals surface area contributed by atoms with Crippen LogP contribution in [0.3, 0.4) is 0 Å². The number of carbonyl (C=O) groups excluding carboxylic acids is 1. The number of nitrogens with one attached hydrogen (secondary N) is 1. The maximum absolute atomic E-state index is 12.3. The van der Waals surface area contributed by atoms with E-state index in [0.717, 1.165) is 23.2 Å². The van der Waals surface area contributed by atoms with Crippen molar-refractivity contribution in [3.63, 3.8) is 0 Å². The summed E-state index contributed by atoms with van der Waals surface area (Å²) in [5.74, 6) is 0.0477. The summed E-state index contributed by atoms with van der Waals surface area (Å²) in [7, 11) is 0. The van der Waals surface area contributed by atoms with E-state index in [1.165, 1.54) is 6.26 Å². The van der Waals surface area contributed by atoms with Gasteiger partial charge in [-0.25, -0.2) is 4.98 Å². The first kappa shape index (κ1) is 16.9. The zero-order valence-electron chi connectivity index (χ0n) is 14.1. The van der Waals surface area contributed by atoms with Crippen LogP contribution in [0.25, 0.3) is 0 Å². The van der Waals surface area contributed by atoms with Crippen LogP contribution in [0.2, 0.25) is 0 Å². The Morgan fingerprint density at radius 1 is 1.16 bits per heavy atom. The van der Waals surface area contributed by atoms with E-state index in [9.17, 15) is 4.79 Å². The average Bonchev–Trinajstić information content (AvgIpc) is 3.13. The van der Waals surface area contributed by atoms with Crippen molar-refractivity contribution >= 4 is 11.6 Å². The average molecular weight is 335 g/mol. The van der Waals surface area contributed by atoms with Crippen molar-refractivity contribution in [1.29, 1.82) is 0 Å². The standard InChI is InChI=1S/C20H21N3O2/c1-2-14-9-6-10-16(11-14)22-19(24)18-13-25-20(23-18)17(21)12-15-7-4-3-5-8-15/h3-11,13,17H,2,12,21H2,1H3,(H,22,24). The highest BCUT2D eigenvalue weighted by Crippen LogP contribution is 2.17. The molecule has 0 saturated heterocycles. The third-order valence-electron chi connectivity index (χ3n) is 3.96.